The molecule has 2 nitrogen and oxygen atoms in total. The maximum Gasteiger partial charge on any atom is 0.251 e. The van der Waals surface area contributed by atoms with E-state index in [4.69, 9.17) is 11.6 Å². The number of hydrogen-bond acceptors (Lipinski definition) is 1. The van der Waals surface area contributed by atoms with Crippen LogP contribution in [0.4, 0.5) is 5.69 Å². The second kappa shape index (κ2) is 9.47. The van der Waals surface area contributed by atoms with Crippen molar-refractivity contribution < 1.29 is 4.79 Å². The van der Waals surface area contributed by atoms with E-state index in [0.29, 0.717) is 5.02 Å². The van der Waals surface area contributed by atoms with Crippen LogP contribution in [0, 0.1) is 0 Å². The molecule has 0 atom stereocenters. The standard InChI is InChI=1S/C19H26ClNO/c1-5-10-14(6-2)17(7-3)18(8-4)19(22)21-16-12-9-11-15(20)13-16/h9-13H,5-8H2,1-4H3,(H,21,22)/b14-10+,18-17-. The first-order valence-electron chi connectivity index (χ1n) is 8.05. The normalized spacial score (nSPS) is 12.9. The Balaban J connectivity index is 3.13. The van der Waals surface area contributed by atoms with Crippen LogP contribution < -0.4 is 5.32 Å². The summed E-state index contributed by atoms with van der Waals surface area (Å²) in [6.07, 6.45) is 5.74. The largest absolute Gasteiger partial charge is 0.322 e. The predicted octanol–water partition coefficient (Wildman–Crippen LogP) is 6.14. The minimum atomic E-state index is -0.0305. The molecule has 0 radical (unpaired) electrons. The summed E-state index contributed by atoms with van der Waals surface area (Å²) in [6.45, 7) is 8.40. The van der Waals surface area contributed by atoms with Crippen molar-refractivity contribution in [2.45, 2.75) is 53.4 Å². The molecule has 0 aliphatic carbocycles. The molecule has 0 aromatic heterocycles. The van der Waals surface area contributed by atoms with E-state index in [-0.39, 0.29) is 5.91 Å². The average molecular weight is 320 g/mol. The van der Waals surface area contributed by atoms with E-state index in [1.165, 1.54) is 11.1 Å². The maximum atomic E-state index is 12.6. The predicted molar refractivity (Wildman–Crippen MR) is 96.4 cm³/mol. The molecule has 0 saturated heterocycles. The van der Waals surface area contributed by atoms with E-state index in [2.05, 4.69) is 32.2 Å². The van der Waals surface area contributed by atoms with Gasteiger partial charge in [0, 0.05) is 16.3 Å². The first-order chi connectivity index (χ1) is 10.6. The SMILES string of the molecule is CC/C=C(CC)/C(CC)=C(/CC)C(=O)Nc1cccc(Cl)c1. The van der Waals surface area contributed by atoms with Gasteiger partial charge in [0.15, 0.2) is 0 Å². The monoisotopic (exact) mass is 319 g/mol. The molecule has 3 heteroatoms. The van der Waals surface area contributed by atoms with Gasteiger partial charge in [-0.25, -0.2) is 0 Å². The second-order valence-electron chi connectivity index (χ2n) is 5.12. The number of carbonyl (C=O) groups excluding carboxylic acids is 1. The minimum absolute atomic E-state index is 0.0305. The van der Waals surface area contributed by atoms with Crippen LogP contribution in [0.3, 0.4) is 0 Å². The molecule has 1 N–H and O–H groups in total. The summed E-state index contributed by atoms with van der Waals surface area (Å²) in [7, 11) is 0. The fourth-order valence-electron chi connectivity index (χ4n) is 2.65. The van der Waals surface area contributed by atoms with E-state index in [0.717, 1.165) is 36.9 Å². The fourth-order valence-corrected chi connectivity index (χ4v) is 2.84. The van der Waals surface area contributed by atoms with Gasteiger partial charge in [0.05, 0.1) is 0 Å². The number of amides is 1. The molecular formula is C19H26ClNO. The Morgan fingerprint density at radius 2 is 1.77 bits per heavy atom. The molecule has 0 spiro atoms. The highest BCUT2D eigenvalue weighted by atomic mass is 35.5. The third-order valence-electron chi connectivity index (χ3n) is 3.65. The zero-order chi connectivity index (χ0) is 16.5. The van der Waals surface area contributed by atoms with Crippen LogP contribution in [0.5, 0.6) is 0 Å². The van der Waals surface area contributed by atoms with Crippen molar-refractivity contribution >= 4 is 23.2 Å². The van der Waals surface area contributed by atoms with Gasteiger partial charge in [-0.05, 0) is 55.0 Å². The lowest BCUT2D eigenvalue weighted by Gasteiger charge is -2.16. The Bertz CT molecular complexity index is 573. The number of carbonyl (C=O) groups is 1. The number of nitrogens with one attached hydrogen (secondary N) is 1. The van der Waals surface area contributed by atoms with Gasteiger partial charge in [-0.2, -0.15) is 0 Å². The van der Waals surface area contributed by atoms with Crippen molar-refractivity contribution in [3.8, 4) is 0 Å². The highest BCUT2D eigenvalue weighted by Gasteiger charge is 2.15. The molecule has 0 unspecified atom stereocenters. The second-order valence-corrected chi connectivity index (χ2v) is 5.56. The lowest BCUT2D eigenvalue weighted by molar-refractivity contribution is -0.113. The van der Waals surface area contributed by atoms with Gasteiger partial charge >= 0.3 is 0 Å². The minimum Gasteiger partial charge on any atom is -0.322 e. The molecule has 1 amide bonds. The highest BCUT2D eigenvalue weighted by Crippen LogP contribution is 2.25. The third-order valence-corrected chi connectivity index (χ3v) is 3.88. The number of hydrogen-bond donors (Lipinski definition) is 1. The lowest BCUT2D eigenvalue weighted by atomic mass is 9.93. The van der Waals surface area contributed by atoms with Crippen LogP contribution in [-0.4, -0.2) is 5.91 Å². The topological polar surface area (TPSA) is 29.1 Å². The summed E-state index contributed by atoms with van der Waals surface area (Å²) in [6, 6.07) is 7.25. The fraction of sp³-hybridized carbons (Fsp3) is 0.421. The molecule has 120 valence electrons. The third kappa shape index (κ3) is 5.03. The van der Waals surface area contributed by atoms with Crippen LogP contribution >= 0.6 is 11.6 Å². The van der Waals surface area contributed by atoms with E-state index in [1.54, 1.807) is 12.1 Å². The Hall–Kier alpha value is -1.54. The molecule has 1 rings (SSSR count). The summed E-state index contributed by atoms with van der Waals surface area (Å²) in [4.78, 5) is 12.6. The van der Waals surface area contributed by atoms with Crippen LogP contribution in [0.15, 0.2) is 47.1 Å². The Kier molecular flexibility index (Phi) is 7.97. The molecule has 0 aliphatic heterocycles. The molecule has 1 aromatic carbocycles. The lowest BCUT2D eigenvalue weighted by Crippen LogP contribution is -2.16. The Morgan fingerprint density at radius 3 is 2.27 bits per heavy atom. The number of anilines is 1. The van der Waals surface area contributed by atoms with Gasteiger partial charge in [0.25, 0.3) is 5.91 Å². The van der Waals surface area contributed by atoms with Crippen molar-refractivity contribution in [3.63, 3.8) is 0 Å². The molecular weight excluding hydrogens is 294 g/mol. The van der Waals surface area contributed by atoms with Crippen LogP contribution in [0.25, 0.3) is 0 Å². The van der Waals surface area contributed by atoms with Gasteiger partial charge < -0.3 is 5.32 Å². The number of rotatable bonds is 7. The van der Waals surface area contributed by atoms with Gasteiger partial charge in [-0.3, -0.25) is 4.79 Å². The summed E-state index contributed by atoms with van der Waals surface area (Å²) < 4.78 is 0. The van der Waals surface area contributed by atoms with Gasteiger partial charge in [0.1, 0.15) is 0 Å². The average Bonchev–Trinajstić information content (AvgIpc) is 2.50. The van der Waals surface area contributed by atoms with Crippen LogP contribution in [0.2, 0.25) is 5.02 Å². The summed E-state index contributed by atoms with van der Waals surface area (Å²) >= 11 is 5.97. The molecule has 0 saturated carbocycles. The van der Waals surface area contributed by atoms with Crippen molar-refractivity contribution in [2.24, 2.45) is 0 Å². The van der Waals surface area contributed by atoms with Crippen molar-refractivity contribution in [1.29, 1.82) is 0 Å². The first-order valence-corrected chi connectivity index (χ1v) is 8.43. The number of allylic oxidation sites excluding steroid dienone is 3. The van der Waals surface area contributed by atoms with Gasteiger partial charge in [-0.1, -0.05) is 51.4 Å². The quantitative estimate of drug-likeness (QED) is 0.474. The van der Waals surface area contributed by atoms with E-state index in [1.807, 2.05) is 19.1 Å². The molecule has 1 aromatic rings. The van der Waals surface area contributed by atoms with Gasteiger partial charge in [0.2, 0.25) is 0 Å². The van der Waals surface area contributed by atoms with Crippen LogP contribution in [0.1, 0.15) is 53.4 Å². The molecule has 0 aliphatic rings. The summed E-state index contributed by atoms with van der Waals surface area (Å²) in [5.74, 6) is -0.0305. The zero-order valence-corrected chi connectivity index (χ0v) is 14.8. The van der Waals surface area contributed by atoms with Gasteiger partial charge in [-0.15, -0.1) is 0 Å². The van der Waals surface area contributed by atoms with Crippen molar-refractivity contribution in [3.05, 3.63) is 52.1 Å². The Morgan fingerprint density at radius 1 is 1.09 bits per heavy atom. The molecule has 0 bridgehead atoms. The number of halogens is 1. The Labute approximate surface area is 139 Å². The highest BCUT2D eigenvalue weighted by molar-refractivity contribution is 6.30. The van der Waals surface area contributed by atoms with Crippen molar-refractivity contribution in [2.75, 3.05) is 5.32 Å². The van der Waals surface area contributed by atoms with E-state index in [9.17, 15) is 4.79 Å². The van der Waals surface area contributed by atoms with E-state index < -0.39 is 0 Å². The number of benzene rings is 1. The maximum absolute atomic E-state index is 12.6. The molecule has 0 heterocycles. The summed E-state index contributed by atoms with van der Waals surface area (Å²) in [5, 5.41) is 3.58. The molecule has 22 heavy (non-hydrogen) atoms. The van der Waals surface area contributed by atoms with E-state index >= 15 is 0 Å². The van der Waals surface area contributed by atoms with Crippen molar-refractivity contribution in [1.82, 2.24) is 0 Å². The zero-order valence-electron chi connectivity index (χ0n) is 14.0. The molecule has 0 fully saturated rings. The summed E-state index contributed by atoms with van der Waals surface area (Å²) in [5.41, 5.74) is 4.05. The first kappa shape index (κ1) is 18.5. The van der Waals surface area contributed by atoms with Crippen LogP contribution in [-0.2, 0) is 4.79 Å². The smallest absolute Gasteiger partial charge is 0.251 e.